The molecule has 0 unspecified atom stereocenters. The first-order valence-corrected chi connectivity index (χ1v) is 7.10. The molecular formula is C14H19F2NOS. The molecule has 1 aromatic rings. The third kappa shape index (κ3) is 4.01. The van der Waals surface area contributed by atoms with Crippen LogP contribution in [0.3, 0.4) is 0 Å². The summed E-state index contributed by atoms with van der Waals surface area (Å²) in [5.41, 5.74) is 1.63. The average Bonchev–Trinajstić information content (AvgIpc) is 2.27. The molecule has 0 aliphatic heterocycles. The lowest BCUT2D eigenvalue weighted by atomic mass is 10.00. The van der Waals surface area contributed by atoms with E-state index in [9.17, 15) is 13.3 Å². The lowest BCUT2D eigenvalue weighted by Gasteiger charge is -2.19. The monoisotopic (exact) mass is 287 g/mol. The average molecular weight is 287 g/mol. The van der Waals surface area contributed by atoms with Gasteiger partial charge in [0.2, 0.25) is 0 Å². The molecule has 0 N–H and O–H groups in total. The highest BCUT2D eigenvalue weighted by Crippen LogP contribution is 2.26. The summed E-state index contributed by atoms with van der Waals surface area (Å²) in [5, 5.41) is 0. The minimum absolute atomic E-state index is 0.00593. The normalized spacial score (nSPS) is 14.9. The molecule has 1 atom stereocenters. The number of halogens is 2. The molecule has 0 aromatic heterocycles. The summed E-state index contributed by atoms with van der Waals surface area (Å²) in [4.78, 5) is 0. The van der Waals surface area contributed by atoms with Crippen molar-refractivity contribution in [3.05, 3.63) is 34.9 Å². The highest BCUT2D eigenvalue weighted by Gasteiger charge is 2.27. The first-order chi connectivity index (χ1) is 8.64. The summed E-state index contributed by atoms with van der Waals surface area (Å²) in [6.07, 6.45) is -2.51. The van der Waals surface area contributed by atoms with Crippen molar-refractivity contribution in [1.29, 1.82) is 0 Å². The zero-order valence-corrected chi connectivity index (χ0v) is 12.6. The van der Waals surface area contributed by atoms with Crippen LogP contribution in [0.4, 0.5) is 8.78 Å². The van der Waals surface area contributed by atoms with Crippen LogP contribution in [0.25, 0.3) is 0 Å². The zero-order valence-electron chi connectivity index (χ0n) is 11.8. The summed E-state index contributed by atoms with van der Waals surface area (Å²) >= 11 is -1.39. The number of hydrogen-bond acceptors (Lipinski definition) is 2. The van der Waals surface area contributed by atoms with E-state index in [-0.39, 0.29) is 5.56 Å². The lowest BCUT2D eigenvalue weighted by Crippen LogP contribution is -2.26. The molecule has 0 bridgehead atoms. The third-order valence-corrected chi connectivity index (χ3v) is 4.23. The summed E-state index contributed by atoms with van der Waals surface area (Å²) in [5.74, 6) is 0. The molecular weight excluding hydrogens is 268 g/mol. The van der Waals surface area contributed by atoms with Gasteiger partial charge >= 0.3 is 0 Å². The van der Waals surface area contributed by atoms with E-state index in [4.69, 9.17) is 0 Å². The zero-order chi connectivity index (χ0) is 14.8. The molecule has 0 radical (unpaired) electrons. The van der Waals surface area contributed by atoms with E-state index < -0.39 is 22.5 Å². The van der Waals surface area contributed by atoms with Crippen LogP contribution in [0.2, 0.25) is 0 Å². The minimum Gasteiger partial charge on any atom is -0.591 e. The van der Waals surface area contributed by atoms with E-state index in [2.05, 4.69) is 4.40 Å². The van der Waals surface area contributed by atoms with E-state index in [1.807, 2.05) is 20.8 Å². The van der Waals surface area contributed by atoms with Crippen LogP contribution in [0.5, 0.6) is 0 Å². The van der Waals surface area contributed by atoms with Crippen LogP contribution in [-0.4, -0.2) is 15.0 Å². The standard InChI is InChI=1S/C14H19F2NOS/c1-9-11(7-6-8-12(9)13(15)16)10(2)17-19(18)14(3,4)5/h6-8,13H,1-5H3/t19-/m1/s1. The van der Waals surface area contributed by atoms with Crippen molar-refractivity contribution in [3.8, 4) is 0 Å². The Hall–Kier alpha value is -0.940. The van der Waals surface area contributed by atoms with Crippen molar-refractivity contribution >= 4 is 17.1 Å². The lowest BCUT2D eigenvalue weighted by molar-refractivity contribution is 0.150. The minimum atomic E-state index is -2.51. The van der Waals surface area contributed by atoms with E-state index >= 15 is 0 Å². The molecule has 1 rings (SSSR count). The maximum Gasteiger partial charge on any atom is 0.264 e. The second-order valence-corrected chi connectivity index (χ2v) is 7.26. The smallest absolute Gasteiger partial charge is 0.264 e. The van der Waals surface area contributed by atoms with Crippen molar-refractivity contribution in [3.63, 3.8) is 0 Å². The van der Waals surface area contributed by atoms with Crippen molar-refractivity contribution in [2.45, 2.75) is 45.8 Å². The Morgan fingerprint density at radius 2 is 1.89 bits per heavy atom. The first kappa shape index (κ1) is 16.1. The summed E-state index contributed by atoms with van der Waals surface area (Å²) in [7, 11) is 0. The fraction of sp³-hybridized carbons (Fsp3) is 0.500. The Balaban J connectivity index is 3.17. The van der Waals surface area contributed by atoms with Gasteiger partial charge in [0, 0.05) is 11.1 Å². The van der Waals surface area contributed by atoms with Crippen LogP contribution in [0.1, 0.15) is 50.8 Å². The molecule has 0 aliphatic rings. The summed E-state index contributed by atoms with van der Waals surface area (Å²) in [6, 6.07) is 4.69. The summed E-state index contributed by atoms with van der Waals surface area (Å²) < 4.78 is 41.3. The van der Waals surface area contributed by atoms with Gasteiger partial charge in [-0.3, -0.25) is 0 Å². The third-order valence-electron chi connectivity index (χ3n) is 2.74. The molecule has 5 heteroatoms. The quantitative estimate of drug-likeness (QED) is 0.606. The fourth-order valence-electron chi connectivity index (χ4n) is 1.59. The summed E-state index contributed by atoms with van der Waals surface area (Å²) in [6.45, 7) is 8.80. The number of nitrogens with zero attached hydrogens (tertiary/aromatic N) is 1. The Labute approximate surface area is 116 Å². The maximum absolute atomic E-state index is 12.8. The molecule has 0 saturated carbocycles. The first-order valence-electron chi connectivity index (χ1n) is 6.00. The molecule has 0 aliphatic carbocycles. The number of hydrogen-bond donors (Lipinski definition) is 0. The van der Waals surface area contributed by atoms with Crippen LogP contribution >= 0.6 is 0 Å². The van der Waals surface area contributed by atoms with Crippen molar-refractivity contribution in [2.75, 3.05) is 0 Å². The van der Waals surface area contributed by atoms with Gasteiger partial charge in [-0.25, -0.2) is 8.78 Å². The van der Waals surface area contributed by atoms with E-state index in [1.165, 1.54) is 6.07 Å². The van der Waals surface area contributed by atoms with E-state index in [0.29, 0.717) is 16.8 Å². The highest BCUT2D eigenvalue weighted by atomic mass is 32.2. The molecule has 0 saturated heterocycles. The number of benzene rings is 1. The van der Waals surface area contributed by atoms with Gasteiger partial charge in [-0.05, 0) is 40.2 Å². The predicted molar refractivity (Wildman–Crippen MR) is 76.2 cm³/mol. The Bertz CT molecular complexity index is 481. The van der Waals surface area contributed by atoms with Crippen molar-refractivity contribution < 1.29 is 13.3 Å². The Kier molecular flexibility index (Phi) is 5.10. The Morgan fingerprint density at radius 1 is 1.32 bits per heavy atom. The van der Waals surface area contributed by atoms with E-state index in [0.717, 1.165) is 0 Å². The molecule has 106 valence electrons. The van der Waals surface area contributed by atoms with Gasteiger partial charge in [-0.15, -0.1) is 0 Å². The van der Waals surface area contributed by atoms with Crippen LogP contribution in [0.15, 0.2) is 22.6 Å². The van der Waals surface area contributed by atoms with Crippen LogP contribution in [0, 0.1) is 6.92 Å². The highest BCUT2D eigenvalue weighted by molar-refractivity contribution is 7.91. The largest absolute Gasteiger partial charge is 0.591 e. The van der Waals surface area contributed by atoms with Crippen LogP contribution in [-0.2, 0) is 11.4 Å². The second-order valence-electron chi connectivity index (χ2n) is 5.36. The number of rotatable bonds is 3. The number of alkyl halides is 2. The van der Waals surface area contributed by atoms with Gasteiger partial charge in [-0.1, -0.05) is 22.6 Å². The molecule has 0 amide bonds. The van der Waals surface area contributed by atoms with Gasteiger partial charge < -0.3 is 4.55 Å². The fourth-order valence-corrected chi connectivity index (χ4v) is 2.21. The van der Waals surface area contributed by atoms with Gasteiger partial charge in [0.25, 0.3) is 6.43 Å². The molecule has 1 aromatic carbocycles. The topological polar surface area (TPSA) is 35.4 Å². The molecule has 0 spiro atoms. The molecule has 2 nitrogen and oxygen atoms in total. The molecule has 19 heavy (non-hydrogen) atoms. The van der Waals surface area contributed by atoms with Crippen LogP contribution < -0.4 is 0 Å². The maximum atomic E-state index is 12.8. The molecule has 0 heterocycles. The van der Waals surface area contributed by atoms with Gasteiger partial charge in [0.15, 0.2) is 0 Å². The van der Waals surface area contributed by atoms with Crippen molar-refractivity contribution in [2.24, 2.45) is 4.40 Å². The van der Waals surface area contributed by atoms with E-state index in [1.54, 1.807) is 26.0 Å². The SMILES string of the molecule is CC(=N[S@+]([O-])C(C)(C)C)c1cccc(C(F)F)c1C. The second kappa shape index (κ2) is 6.01. The Morgan fingerprint density at radius 3 is 2.37 bits per heavy atom. The van der Waals surface area contributed by atoms with Gasteiger partial charge in [0.05, 0.1) is 5.71 Å². The van der Waals surface area contributed by atoms with Gasteiger partial charge in [-0.2, -0.15) is 0 Å². The predicted octanol–water partition coefficient (Wildman–Crippen LogP) is 4.20. The van der Waals surface area contributed by atoms with Crippen molar-refractivity contribution in [1.82, 2.24) is 0 Å². The molecule has 0 fully saturated rings. The van der Waals surface area contributed by atoms with Gasteiger partial charge in [0.1, 0.15) is 16.1 Å².